The van der Waals surface area contributed by atoms with Crippen molar-refractivity contribution in [3.8, 4) is 0 Å². The molecule has 1 aromatic carbocycles. The Morgan fingerprint density at radius 2 is 2.09 bits per heavy atom. The molecule has 4 nitrogen and oxygen atoms in total. The summed E-state index contributed by atoms with van der Waals surface area (Å²) in [7, 11) is 0. The Bertz CT molecular complexity index is 628. The first-order chi connectivity index (χ1) is 10.6. The van der Waals surface area contributed by atoms with Crippen LogP contribution in [0.5, 0.6) is 0 Å². The van der Waals surface area contributed by atoms with Gasteiger partial charge in [0.15, 0.2) is 0 Å². The van der Waals surface area contributed by atoms with Gasteiger partial charge in [0.25, 0.3) is 0 Å². The molecule has 1 aliphatic rings. The van der Waals surface area contributed by atoms with E-state index in [0.717, 1.165) is 44.0 Å². The van der Waals surface area contributed by atoms with Gasteiger partial charge in [-0.05, 0) is 24.6 Å². The molecular formula is C15H18ClFN4S. The predicted octanol–water partition coefficient (Wildman–Crippen LogP) is 3.21. The Balaban J connectivity index is 1.56. The molecule has 1 aromatic heterocycles. The van der Waals surface area contributed by atoms with Gasteiger partial charge < -0.3 is 0 Å². The lowest BCUT2D eigenvalue weighted by Crippen LogP contribution is -2.46. The van der Waals surface area contributed by atoms with Crippen molar-refractivity contribution in [1.82, 2.24) is 19.4 Å². The summed E-state index contributed by atoms with van der Waals surface area (Å²) in [6, 6.07) is 7.09. The Morgan fingerprint density at radius 3 is 2.73 bits per heavy atom. The second-order valence-electron chi connectivity index (χ2n) is 5.54. The maximum atomic E-state index is 13.4. The van der Waals surface area contributed by atoms with Crippen LogP contribution in [-0.4, -0.2) is 45.6 Å². The average molecular weight is 341 g/mol. The molecule has 0 saturated carbocycles. The molecule has 0 N–H and O–H groups in total. The van der Waals surface area contributed by atoms with Gasteiger partial charge in [0, 0.05) is 50.3 Å². The van der Waals surface area contributed by atoms with E-state index in [2.05, 4.69) is 26.3 Å². The number of hydrogen-bond donors (Lipinski definition) is 0. The van der Waals surface area contributed by atoms with Crippen LogP contribution in [0.4, 0.5) is 4.39 Å². The second-order valence-corrected chi connectivity index (χ2v) is 6.89. The topological polar surface area (TPSA) is 32.3 Å². The number of hydrogen-bond acceptors (Lipinski definition) is 5. The minimum Gasteiger partial charge on any atom is -0.295 e. The Labute approximate surface area is 138 Å². The molecule has 1 fully saturated rings. The summed E-state index contributed by atoms with van der Waals surface area (Å²) >= 11 is 7.28. The van der Waals surface area contributed by atoms with E-state index >= 15 is 0 Å². The minimum absolute atomic E-state index is 0.173. The molecule has 3 rings (SSSR count). The zero-order valence-electron chi connectivity index (χ0n) is 12.4. The van der Waals surface area contributed by atoms with Crippen molar-refractivity contribution in [2.45, 2.75) is 19.5 Å². The summed E-state index contributed by atoms with van der Waals surface area (Å²) in [5.74, 6) is -0.173. The highest BCUT2D eigenvalue weighted by Crippen LogP contribution is 2.24. The Kier molecular flexibility index (Phi) is 5.03. The Morgan fingerprint density at radius 1 is 1.32 bits per heavy atom. The van der Waals surface area contributed by atoms with E-state index < -0.39 is 0 Å². The second kappa shape index (κ2) is 7.00. The van der Waals surface area contributed by atoms with E-state index in [1.54, 1.807) is 12.1 Å². The first-order valence-corrected chi connectivity index (χ1v) is 8.47. The van der Waals surface area contributed by atoms with Crippen LogP contribution in [0.25, 0.3) is 0 Å². The van der Waals surface area contributed by atoms with E-state index in [-0.39, 0.29) is 11.9 Å². The van der Waals surface area contributed by atoms with Gasteiger partial charge in [0.1, 0.15) is 15.8 Å². The lowest BCUT2D eigenvalue weighted by Gasteiger charge is -2.38. The molecule has 1 aliphatic heterocycles. The Hall–Kier alpha value is -1.08. The van der Waals surface area contributed by atoms with Gasteiger partial charge >= 0.3 is 0 Å². The molecule has 118 valence electrons. The summed E-state index contributed by atoms with van der Waals surface area (Å²) in [4.78, 5) is 4.71. The first-order valence-electron chi connectivity index (χ1n) is 7.32. The standard InChI is InChI=1S/C15H18ClFN4S/c1-11(12-3-2-4-13(17)9-12)21-7-5-20(6-8-21)10-14-15(16)22-19-18-14/h2-4,9,11H,5-8,10H2,1H3. The quantitative estimate of drug-likeness (QED) is 0.855. The van der Waals surface area contributed by atoms with Crippen molar-refractivity contribution in [1.29, 1.82) is 0 Å². The van der Waals surface area contributed by atoms with Crippen molar-refractivity contribution in [3.63, 3.8) is 0 Å². The highest BCUT2D eigenvalue weighted by Gasteiger charge is 2.23. The first kappa shape index (κ1) is 15.8. The van der Waals surface area contributed by atoms with Crippen LogP contribution in [0.2, 0.25) is 4.34 Å². The number of piperazine rings is 1. The normalized spacial score (nSPS) is 18.5. The largest absolute Gasteiger partial charge is 0.295 e. The van der Waals surface area contributed by atoms with Crippen molar-refractivity contribution < 1.29 is 4.39 Å². The third-order valence-corrected chi connectivity index (χ3v) is 5.15. The van der Waals surface area contributed by atoms with E-state index in [9.17, 15) is 4.39 Å². The molecule has 7 heteroatoms. The number of nitrogens with zero attached hydrogens (tertiary/aromatic N) is 4. The van der Waals surface area contributed by atoms with Gasteiger partial charge in [0.2, 0.25) is 0 Å². The average Bonchev–Trinajstić information content (AvgIpc) is 2.92. The monoisotopic (exact) mass is 340 g/mol. The molecule has 0 amide bonds. The van der Waals surface area contributed by atoms with Crippen LogP contribution in [0.15, 0.2) is 24.3 Å². The summed E-state index contributed by atoms with van der Waals surface area (Å²) in [5, 5.41) is 4.06. The van der Waals surface area contributed by atoms with E-state index in [4.69, 9.17) is 11.6 Å². The van der Waals surface area contributed by atoms with Crippen molar-refractivity contribution in [3.05, 3.63) is 45.7 Å². The zero-order valence-corrected chi connectivity index (χ0v) is 13.9. The molecule has 22 heavy (non-hydrogen) atoms. The number of aromatic nitrogens is 2. The zero-order chi connectivity index (χ0) is 15.5. The third-order valence-electron chi connectivity index (χ3n) is 4.17. The molecule has 1 unspecified atom stereocenters. The van der Waals surface area contributed by atoms with Crippen LogP contribution in [-0.2, 0) is 6.54 Å². The lowest BCUT2D eigenvalue weighted by atomic mass is 10.1. The van der Waals surface area contributed by atoms with Gasteiger partial charge in [-0.3, -0.25) is 9.80 Å². The highest BCUT2D eigenvalue weighted by molar-refractivity contribution is 7.10. The third kappa shape index (κ3) is 3.63. The van der Waals surface area contributed by atoms with Crippen LogP contribution >= 0.6 is 23.1 Å². The predicted molar refractivity (Wildman–Crippen MR) is 86.6 cm³/mol. The van der Waals surface area contributed by atoms with Gasteiger partial charge in [0.05, 0.1) is 0 Å². The van der Waals surface area contributed by atoms with Gasteiger partial charge in [-0.1, -0.05) is 28.2 Å². The SMILES string of the molecule is CC(c1cccc(F)c1)N1CCN(Cc2nnsc2Cl)CC1. The maximum Gasteiger partial charge on any atom is 0.138 e. The molecule has 0 aliphatic carbocycles. The van der Waals surface area contributed by atoms with Crippen molar-refractivity contribution in [2.24, 2.45) is 0 Å². The van der Waals surface area contributed by atoms with Crippen LogP contribution in [0.1, 0.15) is 24.2 Å². The van der Waals surface area contributed by atoms with Crippen LogP contribution in [0, 0.1) is 5.82 Å². The fraction of sp³-hybridized carbons (Fsp3) is 0.467. The van der Waals surface area contributed by atoms with E-state index in [1.165, 1.54) is 17.6 Å². The van der Waals surface area contributed by atoms with Crippen LogP contribution < -0.4 is 0 Å². The van der Waals surface area contributed by atoms with E-state index in [0.29, 0.717) is 4.34 Å². The number of rotatable bonds is 4. The molecule has 2 heterocycles. The van der Waals surface area contributed by atoms with Crippen molar-refractivity contribution in [2.75, 3.05) is 26.2 Å². The van der Waals surface area contributed by atoms with Crippen LogP contribution in [0.3, 0.4) is 0 Å². The molecule has 2 aromatic rings. The summed E-state index contributed by atoms with van der Waals surface area (Å²) in [6.45, 7) is 6.68. The molecular weight excluding hydrogens is 323 g/mol. The fourth-order valence-corrected chi connectivity index (χ4v) is 3.40. The molecule has 1 atom stereocenters. The van der Waals surface area contributed by atoms with Gasteiger partial charge in [-0.15, -0.1) is 5.10 Å². The summed E-state index contributed by atoms with van der Waals surface area (Å²) in [5.41, 5.74) is 1.89. The highest BCUT2D eigenvalue weighted by atomic mass is 35.5. The smallest absolute Gasteiger partial charge is 0.138 e. The van der Waals surface area contributed by atoms with Gasteiger partial charge in [-0.2, -0.15) is 0 Å². The molecule has 0 spiro atoms. The molecule has 1 saturated heterocycles. The van der Waals surface area contributed by atoms with E-state index in [1.807, 2.05) is 6.07 Å². The number of halogens is 2. The fourth-order valence-electron chi connectivity index (χ4n) is 2.79. The number of benzene rings is 1. The molecule has 0 radical (unpaired) electrons. The summed E-state index contributed by atoms with van der Waals surface area (Å²) < 4.78 is 17.9. The maximum absolute atomic E-state index is 13.4. The summed E-state index contributed by atoms with van der Waals surface area (Å²) in [6.07, 6.45) is 0. The lowest BCUT2D eigenvalue weighted by molar-refractivity contribution is 0.0970. The molecule has 0 bridgehead atoms. The minimum atomic E-state index is -0.173. The van der Waals surface area contributed by atoms with Crippen molar-refractivity contribution >= 4 is 23.1 Å². The van der Waals surface area contributed by atoms with Gasteiger partial charge in [-0.25, -0.2) is 4.39 Å².